The Kier molecular flexibility index (Phi) is 8.37. The Morgan fingerprint density at radius 1 is 0.680 bits per heavy atom. The Labute approximate surface area is 147 Å². The molecule has 0 aliphatic carbocycles. The molecular formula is C19H26O6. The number of methoxy groups -OCH3 is 1. The lowest BCUT2D eigenvalue weighted by atomic mass is 10.1. The van der Waals surface area contributed by atoms with Crippen LogP contribution in [0.4, 0.5) is 0 Å². The normalized spacial score (nSPS) is 10.2. The van der Waals surface area contributed by atoms with E-state index in [1.165, 1.54) is 7.11 Å². The maximum absolute atomic E-state index is 9.39. The Morgan fingerprint density at radius 3 is 1.28 bits per heavy atom. The van der Waals surface area contributed by atoms with Gasteiger partial charge in [-0.3, -0.25) is 0 Å². The minimum atomic E-state index is -0.208. The maximum atomic E-state index is 9.39. The number of ether oxygens (including phenoxy) is 1. The topological polar surface area (TPSA) is 110 Å². The molecule has 2 aromatic rings. The summed E-state index contributed by atoms with van der Waals surface area (Å²) in [6.45, 7) is 3.20. The number of aromatic hydroxyl groups is 1. The Morgan fingerprint density at radius 2 is 1.00 bits per heavy atom. The van der Waals surface area contributed by atoms with Gasteiger partial charge in [-0.05, 0) is 13.8 Å². The van der Waals surface area contributed by atoms with Crippen LogP contribution in [0.15, 0.2) is 24.3 Å². The van der Waals surface area contributed by atoms with E-state index in [1.54, 1.807) is 12.1 Å². The van der Waals surface area contributed by atoms with E-state index in [-0.39, 0.29) is 32.2 Å². The van der Waals surface area contributed by atoms with E-state index < -0.39 is 0 Å². The Bertz CT molecular complexity index is 646. The average molecular weight is 350 g/mol. The van der Waals surface area contributed by atoms with E-state index in [2.05, 4.69) is 0 Å². The van der Waals surface area contributed by atoms with Gasteiger partial charge in [0.25, 0.3) is 0 Å². The summed E-state index contributed by atoms with van der Waals surface area (Å²) in [6, 6.07) is 7.07. The summed E-state index contributed by atoms with van der Waals surface area (Å²) in [6.07, 6.45) is 0. The van der Waals surface area contributed by atoms with Crippen molar-refractivity contribution >= 4 is 0 Å². The molecule has 0 radical (unpaired) electrons. The molecule has 0 fully saturated rings. The summed E-state index contributed by atoms with van der Waals surface area (Å²) in [4.78, 5) is 0. The van der Waals surface area contributed by atoms with Crippen LogP contribution in [0.5, 0.6) is 11.5 Å². The zero-order valence-corrected chi connectivity index (χ0v) is 14.8. The van der Waals surface area contributed by atoms with Gasteiger partial charge in [0, 0.05) is 22.3 Å². The molecule has 0 amide bonds. The molecule has 0 unspecified atom stereocenters. The van der Waals surface area contributed by atoms with Crippen molar-refractivity contribution in [2.45, 2.75) is 40.3 Å². The highest BCUT2D eigenvalue weighted by atomic mass is 16.5. The summed E-state index contributed by atoms with van der Waals surface area (Å²) < 4.78 is 5.09. The minimum Gasteiger partial charge on any atom is -0.507 e. The van der Waals surface area contributed by atoms with Gasteiger partial charge in [-0.2, -0.15) is 0 Å². The molecule has 0 aliphatic rings. The highest BCUT2D eigenvalue weighted by Crippen LogP contribution is 2.26. The van der Waals surface area contributed by atoms with Crippen molar-refractivity contribution in [3.63, 3.8) is 0 Å². The third-order valence-electron chi connectivity index (χ3n) is 3.68. The van der Waals surface area contributed by atoms with E-state index >= 15 is 0 Å². The second kappa shape index (κ2) is 10.0. The molecule has 0 saturated carbocycles. The number of aryl methyl sites for hydroxylation is 2. The van der Waals surface area contributed by atoms with Crippen LogP contribution in [0.25, 0.3) is 0 Å². The smallest absolute Gasteiger partial charge is 0.129 e. The third kappa shape index (κ3) is 5.44. The van der Waals surface area contributed by atoms with Crippen LogP contribution >= 0.6 is 0 Å². The Hall–Kier alpha value is -2.12. The zero-order valence-electron chi connectivity index (χ0n) is 14.8. The summed E-state index contributed by atoms with van der Waals surface area (Å²) in [5.41, 5.74) is 4.27. The molecule has 2 aromatic carbocycles. The lowest BCUT2D eigenvalue weighted by Gasteiger charge is -2.11. The fraction of sp³-hybridized carbons (Fsp3) is 0.368. The van der Waals surface area contributed by atoms with Gasteiger partial charge in [0.05, 0.1) is 33.5 Å². The molecule has 0 saturated heterocycles. The zero-order chi connectivity index (χ0) is 19.0. The summed E-state index contributed by atoms with van der Waals surface area (Å²) in [7, 11) is 1.53. The minimum absolute atomic E-state index is 0.00870. The number of rotatable bonds is 5. The fourth-order valence-electron chi connectivity index (χ4n) is 2.60. The first-order chi connectivity index (χ1) is 11.9. The second-order valence-electron chi connectivity index (χ2n) is 5.68. The highest BCUT2D eigenvalue weighted by Gasteiger charge is 2.08. The van der Waals surface area contributed by atoms with Gasteiger partial charge >= 0.3 is 0 Å². The SMILES string of the molecule is COc1c(CO)cc(C)cc1CO.Cc1cc(CO)c(O)c(CO)c1. The first-order valence-electron chi connectivity index (χ1n) is 7.82. The van der Waals surface area contributed by atoms with E-state index in [4.69, 9.17) is 25.2 Å². The molecule has 0 spiro atoms. The van der Waals surface area contributed by atoms with Crippen LogP contribution in [0.2, 0.25) is 0 Å². The third-order valence-corrected chi connectivity index (χ3v) is 3.68. The predicted molar refractivity (Wildman–Crippen MR) is 94.3 cm³/mol. The molecule has 0 atom stereocenters. The van der Waals surface area contributed by atoms with Crippen LogP contribution in [0, 0.1) is 13.8 Å². The number of hydrogen-bond donors (Lipinski definition) is 5. The van der Waals surface area contributed by atoms with Crippen LogP contribution in [0.1, 0.15) is 33.4 Å². The number of aliphatic hydroxyl groups excluding tert-OH is 4. The fourth-order valence-corrected chi connectivity index (χ4v) is 2.60. The molecule has 0 heterocycles. The van der Waals surface area contributed by atoms with Gasteiger partial charge in [-0.15, -0.1) is 0 Å². The molecule has 138 valence electrons. The summed E-state index contributed by atoms with van der Waals surface area (Å²) in [5.74, 6) is 0.571. The molecule has 6 nitrogen and oxygen atoms in total. The molecule has 0 aliphatic heterocycles. The van der Waals surface area contributed by atoms with Gasteiger partial charge in [-0.1, -0.05) is 35.4 Å². The van der Waals surface area contributed by atoms with E-state index in [0.29, 0.717) is 28.0 Å². The molecular weight excluding hydrogens is 324 g/mol. The van der Waals surface area contributed by atoms with E-state index in [1.807, 2.05) is 26.0 Å². The molecule has 25 heavy (non-hydrogen) atoms. The van der Waals surface area contributed by atoms with Crippen molar-refractivity contribution in [3.8, 4) is 11.5 Å². The predicted octanol–water partition coefficient (Wildman–Crippen LogP) is 1.67. The summed E-state index contributed by atoms with van der Waals surface area (Å²) in [5, 5.41) is 45.1. The standard InChI is InChI=1S/C10H14O3.C9H12O3/c1-7-3-8(5-11)10(13-2)9(4-7)6-12;1-6-2-7(4-10)9(12)8(3-6)5-11/h3-4,11-12H,5-6H2,1-2H3;2-3,10-12H,4-5H2,1H3. The van der Waals surface area contributed by atoms with E-state index in [9.17, 15) is 5.11 Å². The van der Waals surface area contributed by atoms with Crippen molar-refractivity contribution in [2.75, 3.05) is 7.11 Å². The van der Waals surface area contributed by atoms with Gasteiger partial charge in [0.1, 0.15) is 11.5 Å². The lowest BCUT2D eigenvalue weighted by Crippen LogP contribution is -1.98. The molecule has 0 bridgehead atoms. The average Bonchev–Trinajstić information content (AvgIpc) is 2.62. The van der Waals surface area contributed by atoms with Crippen LogP contribution < -0.4 is 4.74 Å². The maximum Gasteiger partial charge on any atom is 0.129 e. The first kappa shape index (κ1) is 20.9. The number of hydrogen-bond acceptors (Lipinski definition) is 6. The van der Waals surface area contributed by atoms with Crippen LogP contribution in [-0.4, -0.2) is 32.6 Å². The number of benzene rings is 2. The monoisotopic (exact) mass is 350 g/mol. The van der Waals surface area contributed by atoms with Crippen LogP contribution in [-0.2, 0) is 26.4 Å². The van der Waals surface area contributed by atoms with Crippen molar-refractivity contribution in [3.05, 3.63) is 57.6 Å². The van der Waals surface area contributed by atoms with E-state index in [0.717, 1.165) is 11.1 Å². The van der Waals surface area contributed by atoms with Crippen molar-refractivity contribution < 1.29 is 30.3 Å². The molecule has 2 rings (SSSR count). The van der Waals surface area contributed by atoms with Crippen molar-refractivity contribution in [1.82, 2.24) is 0 Å². The molecule has 0 aromatic heterocycles. The largest absolute Gasteiger partial charge is 0.507 e. The van der Waals surface area contributed by atoms with Gasteiger partial charge in [-0.25, -0.2) is 0 Å². The quantitative estimate of drug-likeness (QED) is 0.561. The number of aliphatic hydroxyl groups is 4. The van der Waals surface area contributed by atoms with Gasteiger partial charge < -0.3 is 30.3 Å². The lowest BCUT2D eigenvalue weighted by molar-refractivity contribution is 0.260. The highest BCUT2D eigenvalue weighted by molar-refractivity contribution is 5.44. The Balaban J connectivity index is 0.000000251. The van der Waals surface area contributed by atoms with Crippen molar-refractivity contribution in [2.24, 2.45) is 0 Å². The van der Waals surface area contributed by atoms with Gasteiger partial charge in [0.15, 0.2) is 0 Å². The molecule has 5 N–H and O–H groups in total. The van der Waals surface area contributed by atoms with Crippen LogP contribution in [0.3, 0.4) is 0 Å². The second-order valence-corrected chi connectivity index (χ2v) is 5.68. The molecule has 6 heteroatoms. The summed E-state index contributed by atoms with van der Waals surface area (Å²) >= 11 is 0. The van der Waals surface area contributed by atoms with Crippen molar-refractivity contribution in [1.29, 1.82) is 0 Å². The van der Waals surface area contributed by atoms with Gasteiger partial charge in [0.2, 0.25) is 0 Å². The first-order valence-corrected chi connectivity index (χ1v) is 7.82. The number of phenols is 1.